The number of carbonyl (C=O) groups is 2. The fourth-order valence-electron chi connectivity index (χ4n) is 3.42. The number of rotatable bonds is 19. The molecule has 0 aromatic heterocycles. The third-order valence-corrected chi connectivity index (χ3v) is 5.26. The Labute approximate surface area is 167 Å². The first-order valence-electron chi connectivity index (χ1n) is 11.5. The maximum absolute atomic E-state index is 11.8. The van der Waals surface area contributed by atoms with Gasteiger partial charge in [0.05, 0.1) is 0 Å². The maximum Gasteiger partial charge on any atom is 0.326 e. The van der Waals surface area contributed by atoms with Crippen molar-refractivity contribution >= 4 is 11.9 Å². The molecule has 0 saturated carbocycles. The summed E-state index contributed by atoms with van der Waals surface area (Å²) in [6.07, 6.45) is 19.9. The zero-order valence-corrected chi connectivity index (χ0v) is 18.2. The van der Waals surface area contributed by atoms with Gasteiger partial charge in [0.1, 0.15) is 6.04 Å². The first-order chi connectivity index (χ1) is 13.0. The molecule has 0 rings (SSSR count). The molecule has 0 aromatic rings. The molecular weight excluding hydrogens is 338 g/mol. The van der Waals surface area contributed by atoms with Crippen LogP contribution in [0, 0.1) is 5.92 Å². The highest BCUT2D eigenvalue weighted by molar-refractivity contribution is 5.83. The van der Waals surface area contributed by atoms with Crippen LogP contribution in [0.2, 0.25) is 0 Å². The molecule has 0 aliphatic heterocycles. The molecule has 0 aromatic carbocycles. The molecule has 27 heavy (non-hydrogen) atoms. The Morgan fingerprint density at radius 1 is 0.704 bits per heavy atom. The lowest BCUT2D eigenvalue weighted by Gasteiger charge is -2.17. The maximum atomic E-state index is 11.8. The highest BCUT2D eigenvalue weighted by Crippen LogP contribution is 2.13. The molecule has 0 unspecified atom stereocenters. The van der Waals surface area contributed by atoms with Crippen molar-refractivity contribution in [2.24, 2.45) is 5.92 Å². The van der Waals surface area contributed by atoms with Crippen molar-refractivity contribution in [2.75, 3.05) is 0 Å². The summed E-state index contributed by atoms with van der Waals surface area (Å²) in [5.41, 5.74) is 0. The molecule has 2 N–H and O–H groups in total. The number of carboxylic acid groups (broad SMARTS) is 1. The van der Waals surface area contributed by atoms with Gasteiger partial charge in [-0.1, -0.05) is 111 Å². The van der Waals surface area contributed by atoms with E-state index >= 15 is 0 Å². The first kappa shape index (κ1) is 25.9. The number of hydrogen-bond acceptors (Lipinski definition) is 2. The van der Waals surface area contributed by atoms with E-state index in [0.29, 0.717) is 6.42 Å². The van der Waals surface area contributed by atoms with Gasteiger partial charge in [0, 0.05) is 6.42 Å². The van der Waals surface area contributed by atoms with E-state index in [0.717, 1.165) is 12.8 Å². The van der Waals surface area contributed by atoms with Gasteiger partial charge in [-0.05, 0) is 12.3 Å². The van der Waals surface area contributed by atoms with Crippen LogP contribution in [0.5, 0.6) is 0 Å². The van der Waals surface area contributed by atoms with Crippen LogP contribution in [0.25, 0.3) is 0 Å². The van der Waals surface area contributed by atoms with Crippen molar-refractivity contribution in [1.29, 1.82) is 0 Å². The lowest BCUT2D eigenvalue weighted by molar-refractivity contribution is -0.143. The second-order valence-corrected chi connectivity index (χ2v) is 8.33. The van der Waals surface area contributed by atoms with Crippen molar-refractivity contribution in [2.45, 2.75) is 130 Å². The molecule has 0 fully saturated rings. The van der Waals surface area contributed by atoms with Crippen LogP contribution in [-0.2, 0) is 9.59 Å². The molecular formula is C23H45NO3. The van der Waals surface area contributed by atoms with Crippen molar-refractivity contribution < 1.29 is 14.7 Å². The minimum atomic E-state index is -0.949. The molecule has 0 radical (unpaired) electrons. The standard InChI is InChI=1S/C23H45NO3/c1-4-5-6-7-8-9-10-11-12-13-14-15-16-17-18-19-21(25)24-22(20(2)3)23(26)27/h20,22H,4-19H2,1-3H3,(H,24,25)(H,26,27)/t22-/m0/s1. The van der Waals surface area contributed by atoms with E-state index in [2.05, 4.69) is 12.2 Å². The van der Waals surface area contributed by atoms with Crippen molar-refractivity contribution in [3.63, 3.8) is 0 Å². The average molecular weight is 384 g/mol. The number of unbranched alkanes of at least 4 members (excludes halogenated alkanes) is 14. The Hall–Kier alpha value is -1.06. The zero-order chi connectivity index (χ0) is 20.3. The SMILES string of the molecule is CCCCCCCCCCCCCCCCCC(=O)N[C@H](C(=O)O)C(C)C. The number of hydrogen-bond donors (Lipinski definition) is 2. The van der Waals surface area contributed by atoms with E-state index in [4.69, 9.17) is 5.11 Å². The Morgan fingerprint density at radius 2 is 1.07 bits per heavy atom. The van der Waals surface area contributed by atoms with Gasteiger partial charge in [-0.15, -0.1) is 0 Å². The average Bonchev–Trinajstić information content (AvgIpc) is 2.62. The van der Waals surface area contributed by atoms with Crippen molar-refractivity contribution in [3.8, 4) is 0 Å². The highest BCUT2D eigenvalue weighted by atomic mass is 16.4. The topological polar surface area (TPSA) is 66.4 Å². The van der Waals surface area contributed by atoms with Crippen LogP contribution < -0.4 is 5.32 Å². The lowest BCUT2D eigenvalue weighted by atomic mass is 10.0. The molecule has 1 amide bonds. The van der Waals surface area contributed by atoms with Crippen LogP contribution in [0.3, 0.4) is 0 Å². The second-order valence-electron chi connectivity index (χ2n) is 8.33. The summed E-state index contributed by atoms with van der Waals surface area (Å²) in [6.45, 7) is 5.89. The zero-order valence-electron chi connectivity index (χ0n) is 18.2. The summed E-state index contributed by atoms with van der Waals surface area (Å²) >= 11 is 0. The second kappa shape index (κ2) is 18.3. The molecule has 4 nitrogen and oxygen atoms in total. The van der Waals surface area contributed by atoms with Gasteiger partial charge in [-0.2, -0.15) is 0 Å². The Morgan fingerprint density at radius 3 is 1.41 bits per heavy atom. The van der Waals surface area contributed by atoms with E-state index in [1.807, 2.05) is 13.8 Å². The largest absolute Gasteiger partial charge is 0.480 e. The van der Waals surface area contributed by atoms with Crippen LogP contribution in [0.15, 0.2) is 0 Å². The Kier molecular flexibility index (Phi) is 17.6. The lowest BCUT2D eigenvalue weighted by Crippen LogP contribution is -2.44. The molecule has 0 aliphatic rings. The van der Waals surface area contributed by atoms with Crippen LogP contribution in [0.4, 0.5) is 0 Å². The van der Waals surface area contributed by atoms with Crippen molar-refractivity contribution in [3.05, 3.63) is 0 Å². The normalized spacial score (nSPS) is 12.3. The smallest absolute Gasteiger partial charge is 0.326 e. The quantitative estimate of drug-likeness (QED) is 0.251. The number of nitrogens with one attached hydrogen (secondary N) is 1. The molecule has 0 heterocycles. The van der Waals surface area contributed by atoms with Crippen LogP contribution >= 0.6 is 0 Å². The number of carboxylic acids is 1. The summed E-state index contributed by atoms with van der Waals surface area (Å²) in [7, 11) is 0. The van der Waals surface area contributed by atoms with E-state index in [9.17, 15) is 9.59 Å². The molecule has 160 valence electrons. The van der Waals surface area contributed by atoms with Gasteiger partial charge in [-0.25, -0.2) is 4.79 Å². The third-order valence-electron chi connectivity index (χ3n) is 5.26. The summed E-state index contributed by atoms with van der Waals surface area (Å²) in [4.78, 5) is 22.9. The molecule has 0 saturated heterocycles. The van der Waals surface area contributed by atoms with Gasteiger partial charge in [0.25, 0.3) is 0 Å². The molecule has 4 heteroatoms. The summed E-state index contributed by atoms with van der Waals surface area (Å²) in [5.74, 6) is -1.17. The summed E-state index contributed by atoms with van der Waals surface area (Å²) in [5, 5.41) is 11.7. The molecule has 0 bridgehead atoms. The van der Waals surface area contributed by atoms with Gasteiger partial charge in [-0.3, -0.25) is 4.79 Å². The van der Waals surface area contributed by atoms with Gasteiger partial charge < -0.3 is 10.4 Å². The van der Waals surface area contributed by atoms with Crippen molar-refractivity contribution in [1.82, 2.24) is 5.32 Å². The van der Waals surface area contributed by atoms with E-state index in [1.54, 1.807) is 0 Å². The summed E-state index contributed by atoms with van der Waals surface area (Å²) in [6, 6.07) is -0.770. The monoisotopic (exact) mass is 383 g/mol. The van der Waals surface area contributed by atoms with Crippen LogP contribution in [-0.4, -0.2) is 23.0 Å². The Bertz CT molecular complexity index is 369. The Balaban J connectivity index is 3.35. The minimum Gasteiger partial charge on any atom is -0.480 e. The predicted molar refractivity (Wildman–Crippen MR) is 114 cm³/mol. The highest BCUT2D eigenvalue weighted by Gasteiger charge is 2.22. The van der Waals surface area contributed by atoms with Crippen LogP contribution in [0.1, 0.15) is 124 Å². The fraction of sp³-hybridized carbons (Fsp3) is 0.913. The van der Waals surface area contributed by atoms with Gasteiger partial charge >= 0.3 is 5.97 Å². The van der Waals surface area contributed by atoms with E-state index in [-0.39, 0.29) is 11.8 Å². The fourth-order valence-corrected chi connectivity index (χ4v) is 3.42. The molecule has 1 atom stereocenters. The predicted octanol–water partition coefficient (Wildman–Crippen LogP) is 6.47. The van der Waals surface area contributed by atoms with Gasteiger partial charge in [0.15, 0.2) is 0 Å². The first-order valence-corrected chi connectivity index (χ1v) is 11.5. The molecule has 0 aliphatic carbocycles. The van der Waals surface area contributed by atoms with E-state index in [1.165, 1.54) is 83.5 Å². The van der Waals surface area contributed by atoms with E-state index < -0.39 is 12.0 Å². The minimum absolute atomic E-state index is 0.0903. The number of aliphatic carboxylic acids is 1. The number of amides is 1. The third kappa shape index (κ3) is 16.8. The van der Waals surface area contributed by atoms with Gasteiger partial charge in [0.2, 0.25) is 5.91 Å². The summed E-state index contributed by atoms with van der Waals surface area (Å²) < 4.78 is 0. The molecule has 0 spiro atoms. The number of carbonyl (C=O) groups excluding carboxylic acids is 1.